The molecule has 9 heteroatoms. The molecule has 150 valence electrons. The van der Waals surface area contributed by atoms with Crippen LogP contribution in [0.1, 0.15) is 23.7 Å². The van der Waals surface area contributed by atoms with Crippen LogP contribution < -0.4 is 5.32 Å². The van der Waals surface area contributed by atoms with Gasteiger partial charge in [0.2, 0.25) is 0 Å². The monoisotopic (exact) mass is 464 g/mol. The number of aromatic nitrogens is 2. The molecule has 0 radical (unpaired) electrons. The molecule has 4 rings (SSSR count). The molecule has 1 N–H and O–H groups in total. The minimum atomic E-state index is -4.41. The molecular formula is C20H16BrF3N4O. The third-order valence-corrected chi connectivity index (χ3v) is 4.97. The van der Waals surface area contributed by atoms with E-state index in [1.165, 1.54) is 6.07 Å². The number of aryl methyl sites for hydroxylation is 1. The molecule has 0 saturated heterocycles. The predicted molar refractivity (Wildman–Crippen MR) is 108 cm³/mol. The molecule has 0 amide bonds. The summed E-state index contributed by atoms with van der Waals surface area (Å²) >= 11 is 3.32. The van der Waals surface area contributed by atoms with Gasteiger partial charge in [-0.25, -0.2) is 4.98 Å². The van der Waals surface area contributed by atoms with Crippen molar-refractivity contribution in [3.05, 3.63) is 66.1 Å². The Labute approximate surface area is 173 Å². The fourth-order valence-electron chi connectivity index (χ4n) is 3.10. The van der Waals surface area contributed by atoms with Crippen LogP contribution in [-0.4, -0.2) is 14.2 Å². The molecule has 0 spiro atoms. The molecule has 1 aliphatic heterocycles. The number of halogens is 4. The Morgan fingerprint density at radius 2 is 2.03 bits per heavy atom. The van der Waals surface area contributed by atoms with Crippen LogP contribution in [0.25, 0.3) is 11.3 Å². The molecule has 0 saturated carbocycles. The first-order valence-corrected chi connectivity index (χ1v) is 9.53. The predicted octanol–water partition coefficient (Wildman–Crippen LogP) is 6.02. The molecule has 2 aromatic carbocycles. The molecular weight excluding hydrogens is 449 g/mol. The molecule has 5 nitrogen and oxygen atoms in total. The number of hydrogen-bond acceptors (Lipinski definition) is 4. The zero-order valence-electron chi connectivity index (χ0n) is 15.2. The molecule has 0 aliphatic carbocycles. The Morgan fingerprint density at radius 3 is 2.69 bits per heavy atom. The van der Waals surface area contributed by atoms with Crippen molar-refractivity contribution in [1.29, 1.82) is 0 Å². The molecule has 29 heavy (non-hydrogen) atoms. The van der Waals surface area contributed by atoms with Crippen molar-refractivity contribution in [2.45, 2.75) is 18.7 Å². The van der Waals surface area contributed by atoms with Crippen molar-refractivity contribution in [2.75, 3.05) is 5.32 Å². The van der Waals surface area contributed by atoms with Gasteiger partial charge in [-0.2, -0.15) is 13.2 Å². The zero-order valence-corrected chi connectivity index (χ0v) is 16.8. The largest absolute Gasteiger partial charge is 0.416 e. The molecule has 1 aromatic heterocycles. The number of nitrogens with one attached hydrogen (secondary N) is 1. The van der Waals surface area contributed by atoms with Gasteiger partial charge < -0.3 is 14.7 Å². The summed E-state index contributed by atoms with van der Waals surface area (Å²) in [7, 11) is 1.85. The molecule has 1 unspecified atom stereocenters. The normalized spacial score (nSPS) is 16.4. The number of rotatable bonds is 4. The SMILES string of the molecule is Cn1cnc(-c2ccc(C3CC(Br)=NO3)cc2Nc2cccc(C(F)(F)F)c2)c1. The highest BCUT2D eigenvalue weighted by Crippen LogP contribution is 2.37. The lowest BCUT2D eigenvalue weighted by Gasteiger charge is -2.16. The second kappa shape index (κ2) is 7.55. The maximum absolute atomic E-state index is 13.1. The first-order valence-electron chi connectivity index (χ1n) is 8.74. The van der Waals surface area contributed by atoms with Crippen LogP contribution in [0.4, 0.5) is 24.5 Å². The van der Waals surface area contributed by atoms with Gasteiger partial charge in [0.1, 0.15) is 4.62 Å². The van der Waals surface area contributed by atoms with Crippen LogP contribution in [0.3, 0.4) is 0 Å². The highest BCUT2D eigenvalue weighted by atomic mass is 79.9. The van der Waals surface area contributed by atoms with E-state index < -0.39 is 11.7 Å². The third-order valence-electron chi connectivity index (χ3n) is 4.50. The number of imidazole rings is 1. The fraction of sp³-hybridized carbons (Fsp3) is 0.200. The highest BCUT2D eigenvalue weighted by molar-refractivity contribution is 9.18. The van der Waals surface area contributed by atoms with Crippen molar-refractivity contribution in [3.8, 4) is 11.3 Å². The summed E-state index contributed by atoms with van der Waals surface area (Å²) in [6.45, 7) is 0. The summed E-state index contributed by atoms with van der Waals surface area (Å²) in [5.41, 5.74) is 2.58. The number of benzene rings is 2. The number of anilines is 2. The minimum Gasteiger partial charge on any atom is -0.386 e. The third kappa shape index (κ3) is 4.29. The van der Waals surface area contributed by atoms with Gasteiger partial charge in [-0.1, -0.05) is 23.4 Å². The van der Waals surface area contributed by atoms with Crippen LogP contribution in [0.15, 0.2) is 60.1 Å². The lowest BCUT2D eigenvalue weighted by Crippen LogP contribution is -2.05. The van der Waals surface area contributed by atoms with Crippen LogP contribution in [0, 0.1) is 0 Å². The molecule has 3 aromatic rings. The van der Waals surface area contributed by atoms with Crippen molar-refractivity contribution >= 4 is 31.9 Å². The van der Waals surface area contributed by atoms with E-state index in [1.54, 1.807) is 12.4 Å². The van der Waals surface area contributed by atoms with Gasteiger partial charge in [0, 0.05) is 36.6 Å². The fourth-order valence-corrected chi connectivity index (χ4v) is 3.47. The van der Waals surface area contributed by atoms with E-state index in [2.05, 4.69) is 31.4 Å². The van der Waals surface area contributed by atoms with Gasteiger partial charge in [-0.15, -0.1) is 0 Å². The number of oxime groups is 1. The highest BCUT2D eigenvalue weighted by Gasteiger charge is 2.30. The summed E-state index contributed by atoms with van der Waals surface area (Å²) in [5, 5.41) is 7.02. The summed E-state index contributed by atoms with van der Waals surface area (Å²) < 4.78 is 41.8. The molecule has 2 heterocycles. The van der Waals surface area contributed by atoms with Crippen molar-refractivity contribution in [1.82, 2.24) is 9.55 Å². The summed E-state index contributed by atoms with van der Waals surface area (Å²) in [5.74, 6) is 0. The van der Waals surface area contributed by atoms with E-state index in [-0.39, 0.29) is 6.10 Å². The van der Waals surface area contributed by atoms with Gasteiger partial charge in [0.15, 0.2) is 6.10 Å². The molecule has 1 atom stereocenters. The second-order valence-electron chi connectivity index (χ2n) is 6.70. The maximum atomic E-state index is 13.1. The van der Waals surface area contributed by atoms with E-state index in [1.807, 2.05) is 36.0 Å². The van der Waals surface area contributed by atoms with E-state index in [0.717, 1.165) is 23.3 Å². The van der Waals surface area contributed by atoms with E-state index in [0.29, 0.717) is 28.1 Å². The quantitative estimate of drug-likeness (QED) is 0.513. The summed E-state index contributed by atoms with van der Waals surface area (Å²) in [6.07, 6.45) is -0.569. The first kappa shape index (κ1) is 19.5. The first-order chi connectivity index (χ1) is 13.8. The average Bonchev–Trinajstić information content (AvgIpc) is 3.30. The minimum absolute atomic E-state index is 0.260. The Kier molecular flexibility index (Phi) is 5.08. The van der Waals surface area contributed by atoms with Crippen molar-refractivity contribution in [2.24, 2.45) is 12.2 Å². The molecule has 0 fully saturated rings. The molecule has 1 aliphatic rings. The average molecular weight is 465 g/mol. The number of alkyl halides is 3. The lowest BCUT2D eigenvalue weighted by atomic mass is 10.0. The number of nitrogens with zero attached hydrogens (tertiary/aromatic N) is 3. The Morgan fingerprint density at radius 1 is 1.21 bits per heavy atom. The van der Waals surface area contributed by atoms with Crippen molar-refractivity contribution in [3.63, 3.8) is 0 Å². The second-order valence-corrected chi connectivity index (χ2v) is 7.61. The van der Waals surface area contributed by atoms with Gasteiger partial charge in [0.25, 0.3) is 0 Å². The van der Waals surface area contributed by atoms with Gasteiger partial charge in [0.05, 0.1) is 17.6 Å². The topological polar surface area (TPSA) is 51.4 Å². The van der Waals surface area contributed by atoms with Crippen LogP contribution in [-0.2, 0) is 18.1 Å². The Balaban J connectivity index is 1.73. The van der Waals surface area contributed by atoms with Gasteiger partial charge >= 0.3 is 6.18 Å². The molecule has 0 bridgehead atoms. The Bertz CT molecular complexity index is 1080. The van der Waals surface area contributed by atoms with Crippen molar-refractivity contribution < 1.29 is 18.0 Å². The number of hydrogen-bond donors (Lipinski definition) is 1. The van der Waals surface area contributed by atoms with Crippen LogP contribution in [0.5, 0.6) is 0 Å². The van der Waals surface area contributed by atoms with Crippen LogP contribution >= 0.6 is 15.9 Å². The summed E-state index contributed by atoms with van der Waals surface area (Å²) in [6, 6.07) is 10.7. The van der Waals surface area contributed by atoms with Gasteiger partial charge in [-0.05, 0) is 45.8 Å². The van der Waals surface area contributed by atoms with Crippen LogP contribution in [0.2, 0.25) is 0 Å². The van der Waals surface area contributed by atoms with E-state index in [4.69, 9.17) is 4.84 Å². The standard InChI is InChI=1S/C20H16BrF3N4O/c1-28-10-17(25-11-28)15-6-5-12(18-9-19(21)27-29-18)7-16(15)26-14-4-2-3-13(8-14)20(22,23)24/h2-8,10-11,18,26H,9H2,1H3. The maximum Gasteiger partial charge on any atom is 0.416 e. The summed E-state index contributed by atoms with van der Waals surface area (Å²) in [4.78, 5) is 9.78. The Hall–Kier alpha value is -2.81. The zero-order chi connectivity index (χ0) is 20.6. The lowest BCUT2D eigenvalue weighted by molar-refractivity contribution is -0.137. The smallest absolute Gasteiger partial charge is 0.386 e. The van der Waals surface area contributed by atoms with E-state index in [9.17, 15) is 13.2 Å². The van der Waals surface area contributed by atoms with E-state index >= 15 is 0 Å². The van der Waals surface area contributed by atoms with Gasteiger partial charge in [-0.3, -0.25) is 0 Å².